The molecule has 1 unspecified atom stereocenters. The van der Waals surface area contributed by atoms with E-state index in [2.05, 4.69) is 23.5 Å². The van der Waals surface area contributed by atoms with Crippen molar-refractivity contribution in [1.82, 2.24) is 9.88 Å². The van der Waals surface area contributed by atoms with Gasteiger partial charge in [0.25, 0.3) is 0 Å². The maximum atomic E-state index is 11.8. The topological polar surface area (TPSA) is 53.4 Å². The first-order valence-electron chi connectivity index (χ1n) is 4.94. The van der Waals surface area contributed by atoms with Gasteiger partial charge in [-0.05, 0) is 6.92 Å². The van der Waals surface area contributed by atoms with Gasteiger partial charge >= 0.3 is 0 Å². The largest absolute Gasteiger partial charge is 0.506 e. The number of nitrogens with zero attached hydrogens (tertiary/aromatic N) is 2. The van der Waals surface area contributed by atoms with Gasteiger partial charge in [0.1, 0.15) is 11.0 Å². The van der Waals surface area contributed by atoms with E-state index < -0.39 is 5.25 Å². The number of likely N-dealkylation sites (N-methyl/N-ethyl adjacent to an activating group) is 1. The average molecular weight is 250 g/mol. The van der Waals surface area contributed by atoms with Gasteiger partial charge in [0.05, 0.1) is 11.3 Å². The number of aryl methyl sites for hydroxylation is 1. The van der Waals surface area contributed by atoms with E-state index in [0.29, 0.717) is 16.8 Å². The van der Waals surface area contributed by atoms with Crippen LogP contribution in [0.4, 0.5) is 0 Å². The first kappa shape index (κ1) is 13.4. The van der Waals surface area contributed by atoms with Crippen LogP contribution in [0.2, 0.25) is 0 Å². The van der Waals surface area contributed by atoms with E-state index in [0.717, 1.165) is 0 Å². The minimum Gasteiger partial charge on any atom is -0.506 e. The molecule has 0 aromatic carbocycles. The van der Waals surface area contributed by atoms with Crippen molar-refractivity contribution in [2.45, 2.75) is 12.2 Å². The Labute approximate surface area is 106 Å². The van der Waals surface area contributed by atoms with Crippen LogP contribution in [-0.4, -0.2) is 35.0 Å². The molecular weight excluding hydrogens is 236 g/mol. The van der Waals surface area contributed by atoms with Gasteiger partial charge in [-0.1, -0.05) is 5.92 Å². The summed E-state index contributed by atoms with van der Waals surface area (Å²) >= 11 is 4.22. The Hall–Kier alpha value is -1.67. The maximum absolute atomic E-state index is 11.8. The molecule has 1 amide bonds. The zero-order valence-corrected chi connectivity index (χ0v) is 10.8. The third-order valence-corrected chi connectivity index (χ3v) is 2.86. The van der Waals surface area contributed by atoms with E-state index in [9.17, 15) is 9.90 Å². The predicted octanol–water partition coefficient (Wildman–Crippen LogP) is 1.14. The first-order chi connectivity index (χ1) is 7.90. The molecule has 0 saturated carbocycles. The number of rotatable bonds is 2. The molecule has 5 heteroatoms. The van der Waals surface area contributed by atoms with E-state index in [1.807, 2.05) is 0 Å². The molecule has 0 aliphatic carbocycles. The lowest BCUT2D eigenvalue weighted by atomic mass is 10.0. The minimum absolute atomic E-state index is 0.0735. The minimum atomic E-state index is -0.794. The fraction of sp³-hybridized carbons (Fsp3) is 0.333. The molecule has 1 N–H and O–H groups in total. The first-order valence-corrected chi connectivity index (χ1v) is 5.46. The van der Waals surface area contributed by atoms with Gasteiger partial charge in [0.2, 0.25) is 5.91 Å². The fourth-order valence-electron chi connectivity index (χ4n) is 1.37. The number of hydrogen-bond donors (Lipinski definition) is 2. The Morgan fingerprint density at radius 1 is 1.65 bits per heavy atom. The second-order valence-corrected chi connectivity index (χ2v) is 4.32. The van der Waals surface area contributed by atoms with Crippen molar-refractivity contribution < 1.29 is 9.90 Å². The number of aromatic hydroxyl groups is 1. The summed E-state index contributed by atoms with van der Waals surface area (Å²) in [5.74, 6) is 2.08. The molecule has 0 aliphatic heterocycles. The van der Waals surface area contributed by atoms with Crippen LogP contribution in [0.3, 0.4) is 0 Å². The molecule has 1 rings (SSSR count). The van der Waals surface area contributed by atoms with Gasteiger partial charge in [-0.25, -0.2) is 0 Å². The Balaban J connectivity index is 3.35. The summed E-state index contributed by atoms with van der Waals surface area (Å²) in [5.41, 5.74) is 1.13. The smallest absolute Gasteiger partial charge is 0.239 e. The van der Waals surface area contributed by atoms with Crippen LogP contribution in [0, 0.1) is 19.3 Å². The third kappa shape index (κ3) is 2.53. The van der Waals surface area contributed by atoms with Crippen molar-refractivity contribution in [3.63, 3.8) is 0 Å². The van der Waals surface area contributed by atoms with E-state index in [1.165, 1.54) is 11.1 Å². The quantitative estimate of drug-likeness (QED) is 0.611. The SMILES string of the molecule is C#Cc1cnc(C)c(O)c1C(S)C(=O)N(C)C. The highest BCUT2D eigenvalue weighted by atomic mass is 32.1. The van der Waals surface area contributed by atoms with Crippen molar-refractivity contribution in [1.29, 1.82) is 0 Å². The molecule has 0 aliphatic rings. The molecule has 90 valence electrons. The summed E-state index contributed by atoms with van der Waals surface area (Å²) in [7, 11) is 3.23. The zero-order chi connectivity index (χ0) is 13.2. The number of thiol groups is 1. The summed E-state index contributed by atoms with van der Waals surface area (Å²) < 4.78 is 0. The van der Waals surface area contributed by atoms with Crippen LogP contribution in [-0.2, 0) is 4.79 Å². The lowest BCUT2D eigenvalue weighted by molar-refractivity contribution is -0.128. The number of carbonyl (C=O) groups excluding carboxylic acids is 1. The van der Waals surface area contributed by atoms with Gasteiger partial charge in [0, 0.05) is 25.9 Å². The molecule has 1 heterocycles. The maximum Gasteiger partial charge on any atom is 0.239 e. The number of aromatic nitrogens is 1. The fourth-order valence-corrected chi connectivity index (χ4v) is 1.87. The molecule has 4 nitrogen and oxygen atoms in total. The van der Waals surface area contributed by atoms with Crippen molar-refractivity contribution >= 4 is 18.5 Å². The van der Waals surface area contributed by atoms with Crippen molar-refractivity contribution in [3.8, 4) is 18.1 Å². The summed E-state index contributed by atoms with van der Waals surface area (Å²) in [6.45, 7) is 1.64. The summed E-state index contributed by atoms with van der Waals surface area (Å²) in [5, 5.41) is 9.14. The van der Waals surface area contributed by atoms with Crippen LogP contribution >= 0.6 is 12.6 Å². The molecule has 0 saturated heterocycles. The van der Waals surface area contributed by atoms with Crippen molar-refractivity contribution in [3.05, 3.63) is 23.0 Å². The van der Waals surface area contributed by atoms with Crippen molar-refractivity contribution in [2.75, 3.05) is 14.1 Å². The monoisotopic (exact) mass is 250 g/mol. The highest BCUT2D eigenvalue weighted by Gasteiger charge is 2.25. The van der Waals surface area contributed by atoms with Gasteiger partial charge in [-0.2, -0.15) is 12.6 Å². The highest BCUT2D eigenvalue weighted by molar-refractivity contribution is 7.81. The van der Waals surface area contributed by atoms with Crippen LogP contribution in [0.15, 0.2) is 6.20 Å². The van der Waals surface area contributed by atoms with E-state index in [-0.39, 0.29) is 11.7 Å². The standard InChI is InChI=1S/C12H14N2O2S/c1-5-8-6-13-7(2)10(15)9(8)11(17)12(16)14(3)4/h1,6,11,15,17H,2-4H3. The van der Waals surface area contributed by atoms with Crippen LogP contribution in [0.1, 0.15) is 22.1 Å². The van der Waals surface area contributed by atoms with Crippen LogP contribution in [0.25, 0.3) is 0 Å². The Morgan fingerprint density at radius 2 is 2.24 bits per heavy atom. The summed E-state index contributed by atoms with van der Waals surface area (Å²) in [6, 6.07) is 0. The van der Waals surface area contributed by atoms with Gasteiger partial charge < -0.3 is 10.0 Å². The molecule has 17 heavy (non-hydrogen) atoms. The van der Waals surface area contributed by atoms with Gasteiger partial charge in [-0.15, -0.1) is 6.42 Å². The zero-order valence-electron chi connectivity index (χ0n) is 9.93. The molecule has 0 bridgehead atoms. The van der Waals surface area contributed by atoms with E-state index >= 15 is 0 Å². The Bertz CT molecular complexity index is 492. The molecule has 0 fully saturated rings. The Morgan fingerprint density at radius 3 is 2.71 bits per heavy atom. The average Bonchev–Trinajstić information content (AvgIpc) is 2.30. The van der Waals surface area contributed by atoms with Crippen LogP contribution < -0.4 is 0 Å². The second-order valence-electron chi connectivity index (χ2n) is 3.80. The lowest BCUT2D eigenvalue weighted by Gasteiger charge is -2.19. The van der Waals surface area contributed by atoms with E-state index in [1.54, 1.807) is 21.0 Å². The normalized spacial score (nSPS) is 11.7. The number of terminal acetylenes is 1. The molecule has 0 spiro atoms. The number of pyridine rings is 1. The molecule has 1 aromatic heterocycles. The summed E-state index contributed by atoms with van der Waals surface area (Å²) in [6.07, 6.45) is 6.78. The third-order valence-electron chi connectivity index (χ3n) is 2.38. The van der Waals surface area contributed by atoms with E-state index in [4.69, 9.17) is 6.42 Å². The number of amides is 1. The summed E-state index contributed by atoms with van der Waals surface area (Å²) in [4.78, 5) is 17.2. The van der Waals surface area contributed by atoms with Gasteiger partial charge in [-0.3, -0.25) is 9.78 Å². The lowest BCUT2D eigenvalue weighted by Crippen LogP contribution is -2.26. The number of carbonyl (C=O) groups is 1. The predicted molar refractivity (Wildman–Crippen MR) is 69.0 cm³/mol. The molecular formula is C12H14N2O2S. The number of hydrogen-bond acceptors (Lipinski definition) is 4. The van der Waals surface area contributed by atoms with Crippen molar-refractivity contribution in [2.24, 2.45) is 0 Å². The molecule has 0 radical (unpaired) electrons. The van der Waals surface area contributed by atoms with Crippen LogP contribution in [0.5, 0.6) is 5.75 Å². The molecule has 1 atom stereocenters. The van der Waals surface area contributed by atoms with Gasteiger partial charge in [0.15, 0.2) is 0 Å². The second kappa shape index (κ2) is 5.11. The Kier molecular flexibility index (Phi) is 4.02. The molecule has 1 aromatic rings. The highest BCUT2D eigenvalue weighted by Crippen LogP contribution is 2.33.